The molecule has 7 rings (SSSR count). The van der Waals surface area contributed by atoms with Crippen LogP contribution in [0.25, 0.3) is 22.2 Å². The number of urea groups is 1. The molecule has 0 aliphatic carbocycles. The summed E-state index contributed by atoms with van der Waals surface area (Å²) in [5.74, 6) is -1.44. The Kier molecular flexibility index (Phi) is 13.7. The van der Waals surface area contributed by atoms with Gasteiger partial charge in [-0.3, -0.25) is 25.0 Å². The molecule has 5 N–H and O–H groups in total. The summed E-state index contributed by atoms with van der Waals surface area (Å²) in [5, 5.41) is 31.5. The van der Waals surface area contributed by atoms with Gasteiger partial charge in [-0.25, -0.2) is 9.80 Å². The number of rotatable bonds is 17. The normalized spacial score (nSPS) is 15.9. The van der Waals surface area contributed by atoms with Crippen LogP contribution in [0.3, 0.4) is 0 Å². The lowest BCUT2D eigenvalue weighted by atomic mass is 9.83. The number of carbonyl (C=O) groups excluding carboxylic acids is 3. The molecule has 1 aliphatic heterocycles. The molecule has 4 amide bonds. The Balaban J connectivity index is 1.16. The van der Waals surface area contributed by atoms with E-state index in [1.165, 1.54) is 6.07 Å². The van der Waals surface area contributed by atoms with Crippen LogP contribution >= 0.6 is 0 Å². The second-order valence-electron chi connectivity index (χ2n) is 15.8. The van der Waals surface area contributed by atoms with Crippen LogP contribution in [0.4, 0.5) is 4.79 Å². The van der Waals surface area contributed by atoms with Gasteiger partial charge in [0.1, 0.15) is 5.75 Å². The van der Waals surface area contributed by atoms with Gasteiger partial charge >= 0.3 is 6.03 Å². The molecule has 0 radical (unpaired) electrons. The molecule has 6 aromatic rings. The minimum absolute atomic E-state index is 0.00213. The Morgan fingerprint density at radius 3 is 2.39 bits per heavy atom. The highest BCUT2D eigenvalue weighted by atomic mass is 16.3. The molecule has 0 saturated carbocycles. The van der Waals surface area contributed by atoms with E-state index in [2.05, 4.69) is 26.0 Å². The topological polar surface area (TPSA) is 160 Å². The first-order valence-electron chi connectivity index (χ1n) is 20.8. The van der Waals surface area contributed by atoms with E-state index in [4.69, 9.17) is 0 Å². The molecule has 1 saturated heterocycles. The van der Waals surface area contributed by atoms with Crippen LogP contribution in [0, 0.1) is 18.8 Å². The number of benzene rings is 4. The van der Waals surface area contributed by atoms with Crippen molar-refractivity contribution in [3.05, 3.63) is 162 Å². The molecule has 12 heteroatoms. The Bertz CT molecular complexity index is 2430. The van der Waals surface area contributed by atoms with Crippen molar-refractivity contribution in [2.75, 3.05) is 13.1 Å². The van der Waals surface area contributed by atoms with E-state index in [0.717, 1.165) is 38.9 Å². The van der Waals surface area contributed by atoms with Crippen LogP contribution in [0.2, 0.25) is 0 Å². The van der Waals surface area contributed by atoms with E-state index < -0.39 is 30.0 Å². The number of para-hydroxylation sites is 1. The molecule has 3 heterocycles. The summed E-state index contributed by atoms with van der Waals surface area (Å²) in [6, 6.07) is 36.2. The fourth-order valence-electron chi connectivity index (χ4n) is 8.15. The number of amides is 4. The van der Waals surface area contributed by atoms with Crippen molar-refractivity contribution in [1.29, 1.82) is 0 Å². The Morgan fingerprint density at radius 1 is 0.885 bits per heavy atom. The first-order valence-corrected chi connectivity index (χ1v) is 20.8. The molecular formula is C49H53N7O5. The number of aromatic nitrogens is 2. The molecular weight excluding hydrogens is 767 g/mol. The Hall–Kier alpha value is -6.63. The zero-order chi connectivity index (χ0) is 42.9. The highest BCUT2D eigenvalue weighted by Crippen LogP contribution is 2.30. The lowest BCUT2D eigenvalue weighted by molar-refractivity contribution is -0.130. The predicted octanol–water partition coefficient (Wildman–Crippen LogP) is 6.80. The number of aliphatic hydroxyl groups is 1. The summed E-state index contributed by atoms with van der Waals surface area (Å²) in [6.45, 7) is 6.49. The van der Waals surface area contributed by atoms with E-state index in [9.17, 15) is 24.6 Å². The fourth-order valence-corrected chi connectivity index (χ4v) is 8.15. The summed E-state index contributed by atoms with van der Waals surface area (Å²) in [4.78, 5) is 52.8. The molecule has 4 aromatic carbocycles. The number of hydrogen-bond donors (Lipinski definition) is 5. The number of pyridine rings is 2. The fraction of sp³-hybridized carbons (Fsp3) is 0.286. The highest BCUT2D eigenvalue weighted by molar-refractivity contribution is 5.96. The summed E-state index contributed by atoms with van der Waals surface area (Å²) < 4.78 is 0. The number of nitrogens with one attached hydrogen (secondary N) is 3. The summed E-state index contributed by atoms with van der Waals surface area (Å²) in [6.07, 6.45) is 3.31. The molecule has 61 heavy (non-hydrogen) atoms. The minimum atomic E-state index is -1.16. The van der Waals surface area contributed by atoms with E-state index in [-0.39, 0.29) is 36.7 Å². The molecule has 5 unspecified atom stereocenters. The van der Waals surface area contributed by atoms with E-state index in [0.29, 0.717) is 37.1 Å². The van der Waals surface area contributed by atoms with E-state index in [1.807, 2.05) is 117 Å². The van der Waals surface area contributed by atoms with Crippen molar-refractivity contribution in [2.45, 2.75) is 64.9 Å². The zero-order valence-corrected chi connectivity index (χ0v) is 34.7. The van der Waals surface area contributed by atoms with Crippen molar-refractivity contribution >= 4 is 28.7 Å². The lowest BCUT2D eigenvalue weighted by Gasteiger charge is -2.36. The van der Waals surface area contributed by atoms with Crippen LogP contribution in [-0.2, 0) is 24.3 Å². The third kappa shape index (κ3) is 10.2. The average molecular weight is 820 g/mol. The summed E-state index contributed by atoms with van der Waals surface area (Å²) >= 11 is 0. The number of carbonyl (C=O) groups is 3. The van der Waals surface area contributed by atoms with Crippen LogP contribution < -0.4 is 16.1 Å². The zero-order valence-electron chi connectivity index (χ0n) is 34.7. The maximum atomic E-state index is 14.8. The largest absolute Gasteiger partial charge is 0.508 e. The van der Waals surface area contributed by atoms with Crippen molar-refractivity contribution in [3.63, 3.8) is 0 Å². The van der Waals surface area contributed by atoms with Gasteiger partial charge in [0.15, 0.2) is 0 Å². The Morgan fingerprint density at radius 2 is 1.64 bits per heavy atom. The van der Waals surface area contributed by atoms with Gasteiger partial charge in [0.25, 0.3) is 5.91 Å². The second kappa shape index (κ2) is 19.6. The average Bonchev–Trinajstić information content (AvgIpc) is 3.63. The quantitative estimate of drug-likeness (QED) is 0.0629. The number of phenols is 1. The third-order valence-corrected chi connectivity index (χ3v) is 11.8. The van der Waals surface area contributed by atoms with Crippen molar-refractivity contribution in [3.8, 4) is 17.0 Å². The summed E-state index contributed by atoms with van der Waals surface area (Å²) in [5.41, 5.74) is 9.00. The van der Waals surface area contributed by atoms with E-state index >= 15 is 0 Å². The van der Waals surface area contributed by atoms with Crippen LogP contribution in [0.15, 0.2) is 134 Å². The maximum absolute atomic E-state index is 14.8. The van der Waals surface area contributed by atoms with Crippen molar-refractivity contribution < 1.29 is 24.6 Å². The van der Waals surface area contributed by atoms with Crippen molar-refractivity contribution in [2.24, 2.45) is 11.8 Å². The summed E-state index contributed by atoms with van der Waals surface area (Å²) in [7, 11) is 0. The van der Waals surface area contributed by atoms with Crippen LogP contribution in [0.1, 0.15) is 52.9 Å². The SMILES string of the molecule is CCC(C)C(C(=O)NC(Cc1ccccc1)C(O)CN(Cc1ccc(-c2ccccn2)cc1)NC(=O)c1cccc(O)c1C)C1CNC(=O)N1Cc1ccnc2ccccc12. The molecule has 0 bridgehead atoms. The maximum Gasteiger partial charge on any atom is 0.318 e. The molecule has 1 fully saturated rings. The van der Waals surface area contributed by atoms with Crippen LogP contribution in [0.5, 0.6) is 5.75 Å². The number of fused-ring (bicyclic) bond motifs is 1. The number of phenolic OH excluding ortho intramolecular Hbond substituents is 1. The third-order valence-electron chi connectivity index (χ3n) is 11.8. The monoisotopic (exact) mass is 819 g/mol. The molecule has 314 valence electrons. The first kappa shape index (κ1) is 42.5. The molecule has 1 aliphatic rings. The standard InChI is InChI=1S/C49H53N7O5/c1-4-32(2)46(43-28-52-49(61)56(43)30-37-24-26-51-41-18-9-8-15-39(37)41)48(60)53-42(27-34-13-6-5-7-14-34)45(58)31-55(54-47(59)38-16-12-19-44(57)33(38)3)29-35-20-22-36(23-21-35)40-17-10-11-25-50-40/h5-26,32,42-43,45-46,57-58H,4,27-31H2,1-3H3,(H,52,61)(H,53,60)(H,54,59). The van der Waals surface area contributed by atoms with Gasteiger partial charge in [0.2, 0.25) is 5.91 Å². The highest BCUT2D eigenvalue weighted by Gasteiger charge is 2.43. The number of nitrogens with zero attached hydrogens (tertiary/aromatic N) is 4. The Labute approximate surface area is 356 Å². The van der Waals surface area contributed by atoms with Gasteiger partial charge in [0.05, 0.1) is 35.3 Å². The molecule has 0 spiro atoms. The number of aromatic hydroxyl groups is 1. The first-order chi connectivity index (χ1) is 29.6. The molecule has 5 atom stereocenters. The van der Waals surface area contributed by atoms with Gasteiger partial charge in [-0.15, -0.1) is 0 Å². The lowest BCUT2D eigenvalue weighted by Crippen LogP contribution is -2.56. The smallest absolute Gasteiger partial charge is 0.318 e. The minimum Gasteiger partial charge on any atom is -0.508 e. The molecule has 2 aromatic heterocycles. The van der Waals surface area contributed by atoms with Crippen LogP contribution in [-0.4, -0.2) is 79.2 Å². The second-order valence-corrected chi connectivity index (χ2v) is 15.8. The number of hydrazine groups is 1. The number of aliphatic hydroxyl groups excluding tert-OH is 1. The van der Waals surface area contributed by atoms with Gasteiger partial charge < -0.3 is 25.7 Å². The van der Waals surface area contributed by atoms with Gasteiger partial charge in [-0.05, 0) is 72.4 Å². The van der Waals surface area contributed by atoms with Gasteiger partial charge in [-0.1, -0.05) is 105 Å². The van der Waals surface area contributed by atoms with Gasteiger partial charge in [0, 0.05) is 60.6 Å². The van der Waals surface area contributed by atoms with Gasteiger partial charge in [-0.2, -0.15) is 0 Å². The number of hydrogen-bond acceptors (Lipinski definition) is 8. The predicted molar refractivity (Wildman–Crippen MR) is 236 cm³/mol. The van der Waals surface area contributed by atoms with Crippen molar-refractivity contribution in [1.82, 2.24) is 35.9 Å². The van der Waals surface area contributed by atoms with E-state index in [1.54, 1.807) is 41.4 Å². The molecule has 12 nitrogen and oxygen atoms in total.